The molecule has 1 heterocycles. The second kappa shape index (κ2) is 3.27. The van der Waals surface area contributed by atoms with Crippen molar-refractivity contribution in [2.24, 2.45) is 5.92 Å². The van der Waals surface area contributed by atoms with Crippen molar-refractivity contribution in [1.82, 2.24) is 9.80 Å². The number of carboxylic acid groups (broad SMARTS) is 1. The normalized spacial score (nSPS) is 36.1. The molecule has 0 spiro atoms. The highest BCUT2D eigenvalue weighted by atomic mass is 16.4. The van der Waals surface area contributed by atoms with Crippen molar-refractivity contribution in [3.05, 3.63) is 0 Å². The number of carboxylic acids is 1. The summed E-state index contributed by atoms with van der Waals surface area (Å²) < 4.78 is 0. The van der Waals surface area contributed by atoms with Crippen molar-refractivity contribution < 1.29 is 9.90 Å². The van der Waals surface area contributed by atoms with E-state index in [2.05, 4.69) is 16.8 Å². The van der Waals surface area contributed by atoms with Gasteiger partial charge in [-0.05, 0) is 13.5 Å². The summed E-state index contributed by atoms with van der Waals surface area (Å²) in [7, 11) is 2.11. The summed E-state index contributed by atoms with van der Waals surface area (Å²) in [4.78, 5) is 15.2. The minimum atomic E-state index is -0.621. The second-order valence-corrected chi connectivity index (χ2v) is 4.09. The predicted octanol–water partition coefficient (Wildman–Crippen LogP) is -0.293. The summed E-state index contributed by atoms with van der Waals surface area (Å²) in [6.07, 6.45) is 0.860. The number of rotatable bonds is 2. The molecule has 4 nitrogen and oxygen atoms in total. The van der Waals surface area contributed by atoms with Crippen LogP contribution in [0.5, 0.6) is 0 Å². The molecule has 2 atom stereocenters. The largest absolute Gasteiger partial charge is 0.481 e. The zero-order chi connectivity index (χ0) is 9.42. The van der Waals surface area contributed by atoms with Crippen LogP contribution in [-0.4, -0.2) is 60.1 Å². The average Bonchev–Trinajstić information content (AvgIpc) is 2.85. The Morgan fingerprint density at radius 3 is 2.38 bits per heavy atom. The van der Waals surface area contributed by atoms with Crippen LogP contribution in [0.2, 0.25) is 0 Å². The Morgan fingerprint density at radius 1 is 1.31 bits per heavy atom. The lowest BCUT2D eigenvalue weighted by Gasteiger charge is -2.32. The summed E-state index contributed by atoms with van der Waals surface area (Å²) in [5, 5.41) is 8.77. The van der Waals surface area contributed by atoms with E-state index in [0.717, 1.165) is 32.6 Å². The summed E-state index contributed by atoms with van der Waals surface area (Å²) in [6, 6.07) is 0.339. The lowest BCUT2D eigenvalue weighted by Crippen LogP contribution is -2.46. The number of nitrogens with zero attached hydrogens (tertiary/aromatic N) is 2. The molecule has 1 N–H and O–H groups in total. The zero-order valence-corrected chi connectivity index (χ0v) is 7.94. The third-order valence-corrected chi connectivity index (χ3v) is 3.08. The first-order valence-corrected chi connectivity index (χ1v) is 4.84. The molecule has 1 saturated carbocycles. The van der Waals surface area contributed by atoms with E-state index in [4.69, 9.17) is 5.11 Å². The molecule has 1 saturated heterocycles. The third kappa shape index (κ3) is 1.84. The Bertz CT molecular complexity index is 212. The molecule has 0 amide bonds. The quantitative estimate of drug-likeness (QED) is 0.640. The second-order valence-electron chi connectivity index (χ2n) is 4.09. The molecule has 0 aromatic rings. The van der Waals surface area contributed by atoms with Gasteiger partial charge in [-0.25, -0.2) is 0 Å². The van der Waals surface area contributed by atoms with Gasteiger partial charge in [-0.2, -0.15) is 0 Å². The number of hydrogen-bond acceptors (Lipinski definition) is 3. The molecule has 0 bridgehead atoms. The fraction of sp³-hybridized carbons (Fsp3) is 0.889. The topological polar surface area (TPSA) is 43.8 Å². The number of piperazine rings is 1. The van der Waals surface area contributed by atoms with E-state index in [0.29, 0.717) is 6.04 Å². The van der Waals surface area contributed by atoms with E-state index < -0.39 is 5.97 Å². The summed E-state index contributed by atoms with van der Waals surface area (Å²) in [6.45, 7) is 4.21. The van der Waals surface area contributed by atoms with Crippen LogP contribution < -0.4 is 0 Å². The van der Waals surface area contributed by atoms with Crippen LogP contribution in [0, 0.1) is 5.92 Å². The van der Waals surface area contributed by atoms with E-state index in [-0.39, 0.29) is 5.92 Å². The van der Waals surface area contributed by atoms with E-state index in [1.807, 2.05) is 0 Å². The maximum Gasteiger partial charge on any atom is 0.308 e. The van der Waals surface area contributed by atoms with Crippen LogP contribution in [-0.2, 0) is 4.79 Å². The molecule has 2 fully saturated rings. The van der Waals surface area contributed by atoms with Crippen LogP contribution in [0.25, 0.3) is 0 Å². The molecule has 2 rings (SSSR count). The minimum absolute atomic E-state index is 0.0802. The zero-order valence-electron chi connectivity index (χ0n) is 7.94. The molecule has 0 radical (unpaired) electrons. The van der Waals surface area contributed by atoms with Crippen molar-refractivity contribution in [1.29, 1.82) is 0 Å². The van der Waals surface area contributed by atoms with Gasteiger partial charge in [0.15, 0.2) is 0 Å². The van der Waals surface area contributed by atoms with Crippen LogP contribution in [0.15, 0.2) is 0 Å². The highest BCUT2D eigenvalue weighted by molar-refractivity contribution is 5.74. The van der Waals surface area contributed by atoms with E-state index in [1.165, 1.54) is 0 Å². The van der Waals surface area contributed by atoms with Crippen molar-refractivity contribution in [2.45, 2.75) is 12.5 Å². The van der Waals surface area contributed by atoms with Crippen molar-refractivity contribution in [3.8, 4) is 0 Å². The molecule has 0 aromatic carbocycles. The van der Waals surface area contributed by atoms with Gasteiger partial charge in [0, 0.05) is 32.2 Å². The third-order valence-electron chi connectivity index (χ3n) is 3.08. The van der Waals surface area contributed by atoms with Gasteiger partial charge < -0.3 is 10.0 Å². The summed E-state index contributed by atoms with van der Waals surface area (Å²) in [5.41, 5.74) is 0. The predicted molar refractivity (Wildman–Crippen MR) is 48.6 cm³/mol. The molecule has 13 heavy (non-hydrogen) atoms. The smallest absolute Gasteiger partial charge is 0.308 e. The molecule has 0 aromatic heterocycles. The van der Waals surface area contributed by atoms with Gasteiger partial charge in [0.25, 0.3) is 0 Å². The number of carbonyl (C=O) groups is 1. The number of aliphatic carboxylic acids is 1. The lowest BCUT2D eigenvalue weighted by atomic mass is 10.3. The maximum absolute atomic E-state index is 10.6. The summed E-state index contributed by atoms with van der Waals surface area (Å²) >= 11 is 0. The van der Waals surface area contributed by atoms with Crippen LogP contribution >= 0.6 is 0 Å². The van der Waals surface area contributed by atoms with Crippen LogP contribution in [0.3, 0.4) is 0 Å². The van der Waals surface area contributed by atoms with Gasteiger partial charge in [0.2, 0.25) is 0 Å². The lowest BCUT2D eigenvalue weighted by molar-refractivity contribution is -0.139. The first kappa shape index (κ1) is 8.97. The Labute approximate surface area is 78.1 Å². The molecular formula is C9H16N2O2. The minimum Gasteiger partial charge on any atom is -0.481 e. The Hall–Kier alpha value is -0.610. The van der Waals surface area contributed by atoms with Crippen LogP contribution in [0.4, 0.5) is 0 Å². The van der Waals surface area contributed by atoms with Gasteiger partial charge >= 0.3 is 5.97 Å². The molecule has 2 unspecified atom stereocenters. The molecule has 4 heteroatoms. The average molecular weight is 184 g/mol. The number of likely N-dealkylation sites (N-methyl/N-ethyl adjacent to an activating group) is 1. The van der Waals surface area contributed by atoms with Crippen molar-refractivity contribution in [3.63, 3.8) is 0 Å². The molecular weight excluding hydrogens is 168 g/mol. The number of hydrogen-bond donors (Lipinski definition) is 1. The standard InChI is InChI=1S/C9H16N2O2/c1-10-2-4-11(5-3-10)8-6-7(8)9(12)13/h7-8H,2-6H2,1H3,(H,12,13). The van der Waals surface area contributed by atoms with Gasteiger partial charge in [0.05, 0.1) is 5.92 Å². The first-order chi connectivity index (χ1) is 6.18. The monoisotopic (exact) mass is 184 g/mol. The molecule has 1 aliphatic heterocycles. The summed E-state index contributed by atoms with van der Waals surface area (Å²) in [5.74, 6) is -0.702. The molecule has 1 aliphatic carbocycles. The fourth-order valence-electron chi connectivity index (χ4n) is 2.00. The Balaban J connectivity index is 1.81. The van der Waals surface area contributed by atoms with Crippen LogP contribution in [0.1, 0.15) is 6.42 Å². The SMILES string of the molecule is CN1CCN(C2CC2C(=O)O)CC1. The Kier molecular flexibility index (Phi) is 2.26. The maximum atomic E-state index is 10.6. The highest BCUT2D eigenvalue weighted by Crippen LogP contribution is 2.36. The molecule has 74 valence electrons. The Morgan fingerprint density at radius 2 is 1.92 bits per heavy atom. The van der Waals surface area contributed by atoms with Gasteiger partial charge in [-0.3, -0.25) is 9.69 Å². The van der Waals surface area contributed by atoms with Crippen molar-refractivity contribution >= 4 is 5.97 Å². The van der Waals surface area contributed by atoms with E-state index in [1.54, 1.807) is 0 Å². The fourth-order valence-corrected chi connectivity index (χ4v) is 2.00. The van der Waals surface area contributed by atoms with Crippen molar-refractivity contribution in [2.75, 3.05) is 33.2 Å². The van der Waals surface area contributed by atoms with E-state index in [9.17, 15) is 4.79 Å². The van der Waals surface area contributed by atoms with Gasteiger partial charge in [0.1, 0.15) is 0 Å². The van der Waals surface area contributed by atoms with Gasteiger partial charge in [-0.1, -0.05) is 0 Å². The molecule has 2 aliphatic rings. The highest BCUT2D eigenvalue weighted by Gasteiger charge is 2.47. The first-order valence-electron chi connectivity index (χ1n) is 4.84. The van der Waals surface area contributed by atoms with Gasteiger partial charge in [-0.15, -0.1) is 0 Å². The van der Waals surface area contributed by atoms with E-state index >= 15 is 0 Å².